The van der Waals surface area contributed by atoms with Crippen LogP contribution in [-0.2, 0) is 11.2 Å². The van der Waals surface area contributed by atoms with Gasteiger partial charge in [0.2, 0.25) is 5.89 Å². The molecule has 7 heteroatoms. The number of aliphatic carboxylic acids is 1. The summed E-state index contributed by atoms with van der Waals surface area (Å²) < 4.78 is 5.50. The number of rotatable bonds is 5. The highest BCUT2D eigenvalue weighted by atomic mass is 32.1. The third kappa shape index (κ3) is 2.92. The molecule has 0 amide bonds. The van der Waals surface area contributed by atoms with E-state index >= 15 is 0 Å². The van der Waals surface area contributed by atoms with Gasteiger partial charge in [0.05, 0.1) is 10.7 Å². The maximum absolute atomic E-state index is 10.4. The van der Waals surface area contributed by atoms with Crippen LogP contribution < -0.4 is 0 Å². The molecule has 0 aliphatic rings. The lowest BCUT2D eigenvalue weighted by Gasteiger charge is -1.92. The van der Waals surface area contributed by atoms with E-state index in [9.17, 15) is 4.79 Å². The Labute approximate surface area is 108 Å². The Balaban J connectivity index is 2.06. The number of aromatic nitrogens is 3. The van der Waals surface area contributed by atoms with Gasteiger partial charge >= 0.3 is 5.97 Å². The topological polar surface area (TPSA) is 89.1 Å². The smallest absolute Gasteiger partial charge is 0.303 e. The second-order valence-corrected chi connectivity index (χ2v) is 5.10. The van der Waals surface area contributed by atoms with Gasteiger partial charge in [-0.25, -0.2) is 4.98 Å². The Bertz CT molecular complexity index is 562. The van der Waals surface area contributed by atoms with Crippen LogP contribution in [0.1, 0.15) is 29.4 Å². The van der Waals surface area contributed by atoms with Crippen LogP contribution in [-0.4, -0.2) is 26.3 Å². The summed E-state index contributed by atoms with van der Waals surface area (Å²) in [5.74, 6) is 0.115. The van der Waals surface area contributed by atoms with Crippen LogP contribution in [0, 0.1) is 13.8 Å². The lowest BCUT2D eigenvalue weighted by Crippen LogP contribution is -1.95. The van der Waals surface area contributed by atoms with Gasteiger partial charge in [0.25, 0.3) is 5.89 Å². The van der Waals surface area contributed by atoms with Crippen molar-refractivity contribution in [1.29, 1.82) is 0 Å². The largest absolute Gasteiger partial charge is 0.481 e. The normalized spacial score (nSPS) is 10.8. The second-order valence-electron chi connectivity index (χ2n) is 3.90. The minimum Gasteiger partial charge on any atom is -0.481 e. The zero-order chi connectivity index (χ0) is 13.1. The number of carboxylic acids is 1. The monoisotopic (exact) mass is 267 g/mol. The Morgan fingerprint density at radius 1 is 1.39 bits per heavy atom. The van der Waals surface area contributed by atoms with E-state index < -0.39 is 5.97 Å². The third-order valence-electron chi connectivity index (χ3n) is 2.35. The van der Waals surface area contributed by atoms with E-state index in [0.717, 1.165) is 15.6 Å². The van der Waals surface area contributed by atoms with Crippen LogP contribution in [0.2, 0.25) is 0 Å². The molecule has 0 saturated heterocycles. The average molecular weight is 267 g/mol. The van der Waals surface area contributed by atoms with Gasteiger partial charge < -0.3 is 9.52 Å². The molecule has 2 aromatic rings. The predicted molar refractivity (Wildman–Crippen MR) is 65.5 cm³/mol. The molecule has 0 atom stereocenters. The number of hydrogen-bond acceptors (Lipinski definition) is 6. The first-order valence-corrected chi connectivity index (χ1v) is 6.36. The van der Waals surface area contributed by atoms with Gasteiger partial charge in [-0.15, -0.1) is 21.5 Å². The molecule has 2 heterocycles. The molecule has 0 radical (unpaired) electrons. The molecule has 2 rings (SSSR count). The highest BCUT2D eigenvalue weighted by molar-refractivity contribution is 7.15. The summed E-state index contributed by atoms with van der Waals surface area (Å²) in [6, 6.07) is 0. The third-order valence-corrected chi connectivity index (χ3v) is 3.41. The summed E-state index contributed by atoms with van der Waals surface area (Å²) >= 11 is 1.51. The van der Waals surface area contributed by atoms with Crippen molar-refractivity contribution in [3.63, 3.8) is 0 Å². The van der Waals surface area contributed by atoms with Crippen LogP contribution >= 0.6 is 11.3 Å². The van der Waals surface area contributed by atoms with Crippen LogP contribution in [0.4, 0.5) is 0 Å². The minimum atomic E-state index is -0.816. The van der Waals surface area contributed by atoms with E-state index in [1.165, 1.54) is 11.3 Å². The van der Waals surface area contributed by atoms with Crippen molar-refractivity contribution in [2.45, 2.75) is 33.1 Å². The van der Waals surface area contributed by atoms with Crippen LogP contribution in [0.5, 0.6) is 0 Å². The SMILES string of the molecule is Cc1nc(C)c(-c2nnc(CCCC(=O)O)o2)s1. The van der Waals surface area contributed by atoms with E-state index in [4.69, 9.17) is 9.52 Å². The first kappa shape index (κ1) is 12.7. The molecule has 1 N–H and O–H groups in total. The molecule has 0 unspecified atom stereocenters. The summed E-state index contributed by atoms with van der Waals surface area (Å²) in [6.07, 6.45) is 1.09. The summed E-state index contributed by atoms with van der Waals surface area (Å²) in [4.78, 5) is 15.6. The van der Waals surface area contributed by atoms with Crippen LogP contribution in [0.15, 0.2) is 4.42 Å². The van der Waals surface area contributed by atoms with Gasteiger partial charge in [0.1, 0.15) is 4.88 Å². The van der Waals surface area contributed by atoms with E-state index in [1.54, 1.807) is 0 Å². The van der Waals surface area contributed by atoms with E-state index in [-0.39, 0.29) is 6.42 Å². The Morgan fingerprint density at radius 2 is 2.17 bits per heavy atom. The van der Waals surface area contributed by atoms with Gasteiger partial charge in [-0.1, -0.05) is 0 Å². The zero-order valence-electron chi connectivity index (χ0n) is 10.1. The average Bonchev–Trinajstić information content (AvgIpc) is 2.85. The first-order chi connectivity index (χ1) is 8.56. The summed E-state index contributed by atoms with van der Waals surface area (Å²) in [6.45, 7) is 3.82. The molecule has 0 aliphatic carbocycles. The lowest BCUT2D eigenvalue weighted by molar-refractivity contribution is -0.137. The molecule has 0 saturated carbocycles. The molecule has 0 aliphatic heterocycles. The standard InChI is InChI=1S/C11H13N3O3S/c1-6-10(18-7(2)12-6)11-14-13-8(17-11)4-3-5-9(15)16/h3-5H2,1-2H3,(H,15,16). The van der Waals surface area contributed by atoms with Gasteiger partial charge in [-0.3, -0.25) is 4.79 Å². The van der Waals surface area contributed by atoms with Gasteiger partial charge in [-0.2, -0.15) is 0 Å². The first-order valence-electron chi connectivity index (χ1n) is 5.55. The van der Waals surface area contributed by atoms with Crippen molar-refractivity contribution in [2.24, 2.45) is 0 Å². The fourth-order valence-corrected chi connectivity index (χ4v) is 2.41. The Morgan fingerprint density at radius 3 is 2.78 bits per heavy atom. The summed E-state index contributed by atoms with van der Waals surface area (Å²) in [5.41, 5.74) is 0.873. The van der Waals surface area contributed by atoms with Crippen molar-refractivity contribution < 1.29 is 14.3 Å². The fourth-order valence-electron chi connectivity index (χ4n) is 1.57. The number of carbonyl (C=O) groups is 1. The highest BCUT2D eigenvalue weighted by Crippen LogP contribution is 2.28. The molecule has 0 bridgehead atoms. The number of hydrogen-bond donors (Lipinski definition) is 1. The molecule has 0 fully saturated rings. The van der Waals surface area contributed by atoms with Crippen molar-refractivity contribution in [2.75, 3.05) is 0 Å². The quantitative estimate of drug-likeness (QED) is 0.893. The molecule has 96 valence electrons. The minimum absolute atomic E-state index is 0.108. The summed E-state index contributed by atoms with van der Waals surface area (Å²) in [7, 11) is 0. The van der Waals surface area contributed by atoms with Crippen LogP contribution in [0.25, 0.3) is 10.8 Å². The van der Waals surface area contributed by atoms with E-state index in [1.807, 2.05) is 13.8 Å². The lowest BCUT2D eigenvalue weighted by atomic mass is 10.2. The Kier molecular flexibility index (Phi) is 3.71. The van der Waals surface area contributed by atoms with Crippen molar-refractivity contribution in [3.8, 4) is 10.8 Å². The molecule has 0 spiro atoms. The number of nitrogens with zero attached hydrogens (tertiary/aromatic N) is 3. The van der Waals surface area contributed by atoms with Crippen LogP contribution in [0.3, 0.4) is 0 Å². The molecule has 2 aromatic heterocycles. The molecular weight excluding hydrogens is 254 g/mol. The molecule has 0 aromatic carbocycles. The maximum atomic E-state index is 10.4. The van der Waals surface area contributed by atoms with Crippen molar-refractivity contribution >= 4 is 17.3 Å². The highest BCUT2D eigenvalue weighted by Gasteiger charge is 2.14. The number of aryl methyl sites for hydroxylation is 3. The molecule has 6 nitrogen and oxygen atoms in total. The molecule has 18 heavy (non-hydrogen) atoms. The second kappa shape index (κ2) is 5.26. The number of thiazole rings is 1. The Hall–Kier alpha value is -1.76. The summed E-state index contributed by atoms with van der Waals surface area (Å²) in [5, 5.41) is 17.4. The number of carboxylic acid groups (broad SMARTS) is 1. The van der Waals surface area contributed by atoms with E-state index in [0.29, 0.717) is 24.6 Å². The maximum Gasteiger partial charge on any atom is 0.303 e. The van der Waals surface area contributed by atoms with E-state index in [2.05, 4.69) is 15.2 Å². The van der Waals surface area contributed by atoms with Gasteiger partial charge in [0, 0.05) is 12.8 Å². The fraction of sp³-hybridized carbons (Fsp3) is 0.455. The van der Waals surface area contributed by atoms with Gasteiger partial charge in [-0.05, 0) is 20.3 Å². The van der Waals surface area contributed by atoms with Crippen molar-refractivity contribution in [3.05, 3.63) is 16.6 Å². The van der Waals surface area contributed by atoms with Gasteiger partial charge in [0.15, 0.2) is 0 Å². The molecular formula is C11H13N3O3S. The van der Waals surface area contributed by atoms with Crippen molar-refractivity contribution in [1.82, 2.24) is 15.2 Å². The zero-order valence-corrected chi connectivity index (χ0v) is 11.0. The predicted octanol–water partition coefficient (Wildman–Crippen LogP) is 2.22.